The Morgan fingerprint density at radius 2 is 1.93 bits per heavy atom. The van der Waals surface area contributed by atoms with Gasteiger partial charge in [-0.05, 0) is 56.7 Å². The highest BCUT2D eigenvalue weighted by molar-refractivity contribution is 7.07. The molecule has 42 heavy (non-hydrogen) atoms. The number of nitro benzene ring substituents is 1. The van der Waals surface area contributed by atoms with Crippen LogP contribution in [0.25, 0.3) is 17.4 Å². The normalized spacial score (nSPS) is 14.8. The molecule has 0 amide bonds. The third-order valence-corrected chi connectivity index (χ3v) is 7.83. The third-order valence-electron chi connectivity index (χ3n) is 6.85. The van der Waals surface area contributed by atoms with Crippen LogP contribution in [0.3, 0.4) is 0 Å². The number of carbonyl (C=O) groups excluding carboxylic acids is 1. The predicted octanol–water partition coefficient (Wildman–Crippen LogP) is 4.29. The molecule has 4 aromatic rings. The fourth-order valence-corrected chi connectivity index (χ4v) is 5.86. The van der Waals surface area contributed by atoms with Crippen LogP contribution in [0, 0.1) is 17.0 Å². The van der Waals surface area contributed by atoms with Gasteiger partial charge in [-0.2, -0.15) is 0 Å². The fourth-order valence-electron chi connectivity index (χ4n) is 4.83. The summed E-state index contributed by atoms with van der Waals surface area (Å²) in [7, 11) is 3.03. The summed E-state index contributed by atoms with van der Waals surface area (Å²) in [5.41, 5.74) is 2.08. The molecule has 0 unspecified atom stereocenters. The van der Waals surface area contributed by atoms with Gasteiger partial charge in [0.1, 0.15) is 29.1 Å². The Morgan fingerprint density at radius 1 is 1.14 bits per heavy atom. The maximum atomic E-state index is 14.0. The summed E-state index contributed by atoms with van der Waals surface area (Å²) in [5, 5.41) is 11.3. The van der Waals surface area contributed by atoms with Gasteiger partial charge < -0.3 is 18.6 Å². The van der Waals surface area contributed by atoms with E-state index in [0.717, 1.165) is 16.9 Å². The number of carbonyl (C=O) groups is 1. The summed E-state index contributed by atoms with van der Waals surface area (Å²) in [6.45, 7) is 5.38. The first-order valence-electron chi connectivity index (χ1n) is 12.9. The van der Waals surface area contributed by atoms with Crippen molar-refractivity contribution in [1.29, 1.82) is 0 Å². The molecule has 216 valence electrons. The van der Waals surface area contributed by atoms with Gasteiger partial charge in [-0.1, -0.05) is 17.4 Å². The lowest BCUT2D eigenvalue weighted by molar-refractivity contribution is -0.384. The van der Waals surface area contributed by atoms with Crippen molar-refractivity contribution in [2.45, 2.75) is 26.8 Å². The molecule has 11 nitrogen and oxygen atoms in total. The Kier molecular flexibility index (Phi) is 7.81. The molecule has 0 aliphatic carbocycles. The molecule has 2 aromatic carbocycles. The van der Waals surface area contributed by atoms with Gasteiger partial charge in [-0.3, -0.25) is 19.5 Å². The molecule has 0 bridgehead atoms. The molecule has 0 N–H and O–H groups in total. The molecule has 3 heterocycles. The van der Waals surface area contributed by atoms with Crippen LogP contribution < -0.4 is 24.4 Å². The Bertz CT molecular complexity index is 1930. The van der Waals surface area contributed by atoms with E-state index < -0.39 is 22.5 Å². The van der Waals surface area contributed by atoms with Crippen molar-refractivity contribution in [2.75, 3.05) is 20.8 Å². The lowest BCUT2D eigenvalue weighted by Crippen LogP contribution is -2.40. The molecule has 0 radical (unpaired) electrons. The highest BCUT2D eigenvalue weighted by Gasteiger charge is 2.35. The minimum Gasteiger partial charge on any atom is -0.497 e. The predicted molar refractivity (Wildman–Crippen MR) is 155 cm³/mol. The molecule has 2 aromatic heterocycles. The zero-order chi connectivity index (χ0) is 30.1. The molecule has 5 rings (SSSR count). The van der Waals surface area contributed by atoms with Crippen LogP contribution in [-0.2, 0) is 9.53 Å². The minimum absolute atomic E-state index is 0.0531. The summed E-state index contributed by atoms with van der Waals surface area (Å²) in [5.74, 6) is 1.18. The summed E-state index contributed by atoms with van der Waals surface area (Å²) < 4.78 is 24.2. The van der Waals surface area contributed by atoms with Crippen LogP contribution in [0.5, 0.6) is 11.5 Å². The molecule has 1 aliphatic rings. The number of aryl methyl sites for hydroxylation is 1. The Morgan fingerprint density at radius 3 is 2.62 bits per heavy atom. The van der Waals surface area contributed by atoms with Crippen molar-refractivity contribution in [3.63, 3.8) is 0 Å². The van der Waals surface area contributed by atoms with Gasteiger partial charge in [0.15, 0.2) is 4.80 Å². The van der Waals surface area contributed by atoms with Crippen LogP contribution in [0.4, 0.5) is 5.69 Å². The van der Waals surface area contributed by atoms with Crippen LogP contribution >= 0.6 is 11.3 Å². The first kappa shape index (κ1) is 28.6. The van der Waals surface area contributed by atoms with Gasteiger partial charge >= 0.3 is 5.97 Å². The fraction of sp³-hybridized carbons (Fsp3) is 0.233. The number of hydrogen-bond acceptors (Lipinski definition) is 10. The number of thiazole rings is 1. The zero-order valence-corrected chi connectivity index (χ0v) is 24.3. The maximum Gasteiger partial charge on any atom is 0.338 e. The molecule has 0 fully saturated rings. The molecule has 12 heteroatoms. The second kappa shape index (κ2) is 11.5. The van der Waals surface area contributed by atoms with Crippen LogP contribution in [0.2, 0.25) is 0 Å². The van der Waals surface area contributed by atoms with Crippen molar-refractivity contribution in [3.8, 4) is 22.8 Å². The highest BCUT2D eigenvalue weighted by Crippen LogP contribution is 2.38. The number of fused-ring (bicyclic) bond motifs is 1. The number of allylic oxidation sites excluding steroid dienone is 1. The highest BCUT2D eigenvalue weighted by atomic mass is 32.1. The Labute approximate surface area is 243 Å². The number of methoxy groups -OCH3 is 2. The molecule has 1 atom stereocenters. The van der Waals surface area contributed by atoms with Gasteiger partial charge in [0.2, 0.25) is 0 Å². The molecule has 0 saturated heterocycles. The average molecular weight is 590 g/mol. The summed E-state index contributed by atoms with van der Waals surface area (Å²) in [4.78, 5) is 43.0. The molecule has 0 spiro atoms. The SMILES string of the molecule is CCOC(=O)C1=C(C)N=c2s/c(=C/c3ccc(-c4cc([N+](=O)[O-])ccc4C)o3)c(=O)n2[C@@H]1c1cc(OC)ccc1OC. The van der Waals surface area contributed by atoms with Gasteiger partial charge in [0.25, 0.3) is 11.2 Å². The largest absolute Gasteiger partial charge is 0.497 e. The van der Waals surface area contributed by atoms with Crippen molar-refractivity contribution < 1.29 is 28.3 Å². The lowest BCUT2D eigenvalue weighted by Gasteiger charge is -2.26. The number of non-ortho nitro benzene ring substituents is 1. The number of aromatic nitrogens is 1. The zero-order valence-electron chi connectivity index (χ0n) is 23.5. The standard InChI is InChI=1S/C30H27N3O8S/c1-6-40-29(35)26-17(3)31-30-32(27(26)22-14-19(38-4)9-11-23(22)39-5)28(34)25(42-30)15-20-10-12-24(41-20)21-13-18(33(36)37)8-7-16(21)2/h7-15,27H,6H2,1-5H3/b25-15+/t27-/m1/s1. The van der Waals surface area contributed by atoms with Crippen molar-refractivity contribution in [2.24, 2.45) is 4.99 Å². The van der Waals surface area contributed by atoms with E-state index in [0.29, 0.717) is 49.2 Å². The molecular weight excluding hydrogens is 562 g/mol. The minimum atomic E-state index is -0.896. The summed E-state index contributed by atoms with van der Waals surface area (Å²) in [6, 6.07) is 12.2. The number of nitrogens with zero attached hydrogens (tertiary/aromatic N) is 3. The van der Waals surface area contributed by atoms with Gasteiger partial charge in [0.05, 0.1) is 41.6 Å². The van der Waals surface area contributed by atoms with E-state index in [1.54, 1.807) is 56.3 Å². The molecular formula is C30H27N3O8S. The quantitative estimate of drug-likeness (QED) is 0.169. The van der Waals surface area contributed by atoms with Gasteiger partial charge in [0, 0.05) is 29.3 Å². The average Bonchev–Trinajstić information content (AvgIpc) is 3.56. The van der Waals surface area contributed by atoms with E-state index in [2.05, 4.69) is 4.99 Å². The van der Waals surface area contributed by atoms with E-state index in [4.69, 9.17) is 18.6 Å². The van der Waals surface area contributed by atoms with E-state index in [1.807, 2.05) is 6.92 Å². The number of rotatable bonds is 8. The molecule has 0 saturated carbocycles. The lowest BCUT2D eigenvalue weighted by atomic mass is 9.95. The summed E-state index contributed by atoms with van der Waals surface area (Å²) in [6.07, 6.45) is 1.59. The number of ether oxygens (including phenoxy) is 3. The van der Waals surface area contributed by atoms with E-state index >= 15 is 0 Å². The van der Waals surface area contributed by atoms with E-state index in [-0.39, 0.29) is 17.9 Å². The third kappa shape index (κ3) is 5.12. The second-order valence-electron chi connectivity index (χ2n) is 9.37. The summed E-state index contributed by atoms with van der Waals surface area (Å²) >= 11 is 1.14. The number of hydrogen-bond donors (Lipinski definition) is 0. The number of furan rings is 1. The number of benzene rings is 2. The first-order chi connectivity index (χ1) is 20.2. The van der Waals surface area contributed by atoms with Crippen LogP contribution in [0.15, 0.2) is 74.0 Å². The Balaban J connectivity index is 1.67. The van der Waals surface area contributed by atoms with Gasteiger partial charge in [-0.15, -0.1) is 0 Å². The monoisotopic (exact) mass is 589 g/mol. The van der Waals surface area contributed by atoms with Crippen molar-refractivity contribution in [3.05, 3.63) is 106 Å². The Hall–Kier alpha value is -4.97. The number of nitro groups is 1. The van der Waals surface area contributed by atoms with E-state index in [1.165, 1.54) is 30.9 Å². The van der Waals surface area contributed by atoms with Gasteiger partial charge in [-0.25, -0.2) is 9.79 Å². The van der Waals surface area contributed by atoms with Crippen LogP contribution in [-0.4, -0.2) is 36.3 Å². The maximum absolute atomic E-state index is 14.0. The number of esters is 1. The van der Waals surface area contributed by atoms with Crippen molar-refractivity contribution >= 4 is 29.1 Å². The van der Waals surface area contributed by atoms with Crippen LogP contribution in [0.1, 0.15) is 36.8 Å². The molecule has 1 aliphatic heterocycles. The topological polar surface area (TPSA) is 135 Å². The van der Waals surface area contributed by atoms with E-state index in [9.17, 15) is 19.7 Å². The second-order valence-corrected chi connectivity index (χ2v) is 10.4. The first-order valence-corrected chi connectivity index (χ1v) is 13.7. The smallest absolute Gasteiger partial charge is 0.338 e. The van der Waals surface area contributed by atoms with Crippen molar-refractivity contribution in [1.82, 2.24) is 4.57 Å².